The van der Waals surface area contributed by atoms with Crippen LogP contribution in [0.15, 0.2) is 59.7 Å². The van der Waals surface area contributed by atoms with Gasteiger partial charge in [-0.15, -0.1) is 0 Å². The van der Waals surface area contributed by atoms with Crippen LogP contribution in [0.2, 0.25) is 0 Å². The predicted octanol–water partition coefficient (Wildman–Crippen LogP) is -10.3. The van der Waals surface area contributed by atoms with Gasteiger partial charge in [0.1, 0.15) is 66.8 Å². The first-order valence-electron chi connectivity index (χ1n) is 24.6. The summed E-state index contributed by atoms with van der Waals surface area (Å²) in [5.41, 5.74) is 40.4. The Morgan fingerprint density at radius 3 is 1.08 bits per heavy atom. The van der Waals surface area contributed by atoms with Gasteiger partial charge in [0.05, 0.1) is 32.2 Å². The Kier molecular flexibility index (Phi) is 41.4. The summed E-state index contributed by atoms with van der Waals surface area (Å²) in [4.78, 5) is 59.9. The summed E-state index contributed by atoms with van der Waals surface area (Å²) in [6.45, 7) is 11.8. The van der Waals surface area contributed by atoms with Crippen LogP contribution in [0.4, 0.5) is 65.9 Å². The Labute approximate surface area is 490 Å². The molecule has 502 valence electrons. The lowest BCUT2D eigenvalue weighted by Gasteiger charge is -2.18. The van der Waals surface area contributed by atoms with E-state index in [1.807, 2.05) is 42.5 Å². The molecule has 27 nitrogen and oxygen atoms in total. The molecule has 2 rings (SSSR count). The molecule has 0 heterocycles. The zero-order chi connectivity index (χ0) is 69.4. The average Bonchev–Trinajstić information content (AvgIpc) is 3.37. The molecule has 0 radical (unpaired) electrons. The summed E-state index contributed by atoms with van der Waals surface area (Å²) in [7, 11) is 0. The number of carbonyl (C=O) groups excluding carboxylic acids is 5. The van der Waals surface area contributed by atoms with Crippen LogP contribution in [0.5, 0.6) is 5.75 Å². The Balaban J connectivity index is -0.000000804. The van der Waals surface area contributed by atoms with Crippen molar-refractivity contribution in [3.8, 4) is 5.75 Å². The van der Waals surface area contributed by atoms with E-state index in [0.29, 0.717) is 81.2 Å². The lowest BCUT2D eigenvalue weighted by molar-refractivity contribution is -0.509. The number of hydrogen-bond acceptors (Lipinski definition) is 12. The molecule has 0 aliphatic carbocycles. The fourth-order valence-corrected chi connectivity index (χ4v) is 5.82. The minimum atomic E-state index is -5.19. The first-order chi connectivity index (χ1) is 40.1. The summed E-state index contributed by atoms with van der Waals surface area (Å²) in [5, 5.41) is 70.8. The predicted molar refractivity (Wildman–Crippen MR) is 266 cm³/mol. The Morgan fingerprint density at radius 1 is 0.511 bits per heavy atom. The molecule has 0 unspecified atom stereocenters. The van der Waals surface area contributed by atoms with Crippen molar-refractivity contribution in [3.63, 3.8) is 0 Å². The molecule has 0 saturated heterocycles. The Morgan fingerprint density at radius 2 is 0.784 bits per heavy atom. The van der Waals surface area contributed by atoms with E-state index in [0.717, 1.165) is 24.0 Å². The highest BCUT2D eigenvalue weighted by Crippen LogP contribution is 2.15. The van der Waals surface area contributed by atoms with Gasteiger partial charge in [-0.05, 0) is 53.5 Å². The maximum atomic E-state index is 10.5. The number of azide groups is 1. The lowest BCUT2D eigenvalue weighted by atomic mass is 10.0. The zero-order valence-electron chi connectivity index (χ0n) is 46.8. The Hall–Kier alpha value is -9.11. The number of aliphatic carboxylic acids is 5. The molecule has 2 aromatic rings. The number of benzene rings is 2. The van der Waals surface area contributed by atoms with Crippen molar-refractivity contribution in [2.75, 3.05) is 39.3 Å². The van der Waals surface area contributed by atoms with Crippen LogP contribution in [-0.4, -0.2) is 153 Å². The minimum Gasteiger partial charge on any atom is -0.542 e. The lowest BCUT2D eigenvalue weighted by Crippen LogP contribution is -2.87. The molecule has 0 spiro atoms. The highest BCUT2D eigenvalue weighted by atomic mass is 19.4. The minimum absolute atomic E-state index is 0.0193. The number of guanidine groups is 4. The molecular formula is C46H67F15N16O11. The second kappa shape index (κ2) is 42.7. The zero-order valence-corrected chi connectivity index (χ0v) is 46.8. The van der Waals surface area contributed by atoms with Crippen molar-refractivity contribution in [2.24, 2.45) is 39.9 Å². The maximum Gasteiger partial charge on any atom is 0.430 e. The molecule has 4 atom stereocenters. The van der Waals surface area contributed by atoms with Crippen molar-refractivity contribution >= 4 is 53.7 Å². The van der Waals surface area contributed by atoms with Gasteiger partial charge in [-0.25, -0.2) is 0 Å². The smallest absolute Gasteiger partial charge is 0.430 e. The van der Waals surface area contributed by atoms with E-state index >= 15 is 0 Å². The number of nitrogens with two attached hydrogens (primary N) is 4. The fourth-order valence-electron chi connectivity index (χ4n) is 5.82. The molecule has 0 bridgehead atoms. The van der Waals surface area contributed by atoms with Crippen LogP contribution in [0.1, 0.15) is 51.7 Å². The summed E-state index contributed by atoms with van der Waals surface area (Å²) < 4.78 is 158. The Bertz CT molecular complexity index is 2410. The molecule has 0 aliphatic rings. The number of nitrogens with one attached hydrogen (secondary N) is 8. The van der Waals surface area contributed by atoms with E-state index in [2.05, 4.69) is 84.7 Å². The molecule has 20 N–H and O–H groups in total. The van der Waals surface area contributed by atoms with E-state index in [9.17, 15) is 71.0 Å². The van der Waals surface area contributed by atoms with Crippen LogP contribution in [0.25, 0.3) is 10.4 Å². The highest BCUT2D eigenvalue weighted by Gasteiger charge is 2.32. The van der Waals surface area contributed by atoms with Crippen LogP contribution >= 0.6 is 0 Å². The van der Waals surface area contributed by atoms with Crippen molar-refractivity contribution in [1.82, 2.24) is 21.3 Å². The second-order valence-electron chi connectivity index (χ2n) is 18.1. The topological polar surface area (TPSA) is 505 Å². The van der Waals surface area contributed by atoms with Gasteiger partial charge < -0.3 is 60.3 Å². The first kappa shape index (κ1) is 85.3. The van der Waals surface area contributed by atoms with Crippen molar-refractivity contribution < 1.29 is 146 Å². The summed E-state index contributed by atoms with van der Waals surface area (Å²) in [6.07, 6.45) is -23.0. The number of hydrogen-bond donors (Lipinski definition) is 14. The number of carboxylic acid groups (broad SMARTS) is 5. The van der Waals surface area contributed by atoms with Gasteiger partial charge in [0.2, 0.25) is 0 Å². The average molecular weight is 1310 g/mol. The van der Waals surface area contributed by atoms with E-state index in [1.54, 1.807) is 12.1 Å². The number of alkyl halides is 15. The molecule has 0 fully saturated rings. The molecule has 42 heteroatoms. The van der Waals surface area contributed by atoms with Crippen LogP contribution < -0.4 is 95.4 Å². The maximum absolute atomic E-state index is 10.5. The van der Waals surface area contributed by atoms with E-state index in [1.165, 1.54) is 0 Å². The first-order valence-corrected chi connectivity index (χ1v) is 24.6. The number of quaternary nitrogens is 1. The number of nitrogens with zero attached hydrogens (tertiary/aromatic N) is 3. The normalized spacial score (nSPS) is 13.5. The van der Waals surface area contributed by atoms with Crippen LogP contribution in [0.3, 0.4) is 0 Å². The standard InChI is InChI=1S/C36H62N16O.5C2HF3O2/c1-24(2)16-28(49-35(40)46-22-30(50-33(38)43-15-14-37)19-27-10-12-32(53)13-11-27)20-44-34(39)48-29(17-25(3)4)21-45-36(41)51-31(23-47-52-42)18-26-8-6-5-7-9-26;5*3-2(4,5)1(6)7/h5-13,24-25,28-31,53H,14-23,37H2,1-4H3,(H3,38,43,50)(H3,39,44,48)(H3,40,46,49)(H3,41,45,51);5*(H,6,7)/t28-,29-,30-,31-;;;;;/m0...../s1. The number of phenolic OH excluding ortho intramolecular Hbond substituents is 1. The quantitative estimate of drug-likeness (QED) is 0.0130. The number of aromatic hydroxyl groups is 1. The molecule has 0 amide bonds. The van der Waals surface area contributed by atoms with Gasteiger partial charge >= 0.3 is 54.7 Å². The second-order valence-corrected chi connectivity index (χ2v) is 18.1. The van der Waals surface area contributed by atoms with E-state index in [4.69, 9.17) is 78.0 Å². The van der Waals surface area contributed by atoms with Gasteiger partial charge in [0, 0.05) is 17.8 Å². The van der Waals surface area contributed by atoms with Gasteiger partial charge in [-0.1, -0.05) is 75.3 Å². The van der Waals surface area contributed by atoms with Gasteiger partial charge in [0.25, 0.3) is 0 Å². The van der Waals surface area contributed by atoms with E-state index < -0.39 is 60.7 Å². The molecule has 0 saturated carbocycles. The molecule has 0 aliphatic heterocycles. The molecular weight excluding hydrogens is 1240 g/mol. The third kappa shape index (κ3) is 50.2. The van der Waals surface area contributed by atoms with Crippen LogP contribution in [0, 0.1) is 11.8 Å². The number of phenols is 1. The number of rotatable bonds is 22. The van der Waals surface area contributed by atoms with Gasteiger partial charge in [0.15, 0.2) is 0 Å². The van der Waals surface area contributed by atoms with Crippen LogP contribution in [-0.2, 0) is 36.8 Å². The summed E-state index contributed by atoms with van der Waals surface area (Å²) >= 11 is 0. The van der Waals surface area contributed by atoms with Crippen molar-refractivity contribution in [2.45, 2.75) is 108 Å². The largest absolute Gasteiger partial charge is 0.542 e. The third-order valence-electron chi connectivity index (χ3n) is 9.33. The monoisotopic (exact) mass is 1300 g/mol. The van der Waals surface area contributed by atoms with Gasteiger partial charge in [-0.3, -0.25) is 64.2 Å². The van der Waals surface area contributed by atoms with Crippen molar-refractivity contribution in [3.05, 3.63) is 76.2 Å². The SMILES string of the molecule is CC(C)C[C@@H](C[NH+]=C(N)N[C@H](C[NH+]=C(N)N[C@H](CN=[N+]=[N-])Cc1ccccc1)CC(C)C)NC(N)=[NH+]C[C@H](Cc1ccc(O)cc1)NC(N)=[NH+]CC[NH3+].O=C([O-])C(F)(F)F.O=C([O-])C(F)(F)F.O=C([O-])C(F)(F)F.O=C([O-])C(F)(F)F.O=C([O-])C(F)(F)F. The third-order valence-corrected chi connectivity index (χ3v) is 9.33. The number of halogens is 15. The highest BCUT2D eigenvalue weighted by molar-refractivity contribution is 5.74. The molecule has 0 aromatic heterocycles. The number of carboxylic acids is 5. The fraction of sp³-hybridized carbons (Fsp3) is 0.543. The molecule has 88 heavy (non-hydrogen) atoms. The van der Waals surface area contributed by atoms with E-state index in [-0.39, 0.29) is 36.5 Å². The van der Waals surface area contributed by atoms with Gasteiger partial charge in [-0.2, -0.15) is 65.9 Å². The molecule has 2 aromatic carbocycles. The summed E-state index contributed by atoms with van der Waals surface area (Å²) in [5.74, 6) is -12.2. The van der Waals surface area contributed by atoms with Crippen molar-refractivity contribution in [1.29, 1.82) is 0 Å². The number of carbonyl (C=O) groups is 5. The summed E-state index contributed by atoms with van der Waals surface area (Å²) in [6, 6.07) is 16.8.